The lowest BCUT2D eigenvalue weighted by Crippen LogP contribution is -2.72. The standard InChI is InChI=1S/C22H31F2N3O3.HI/c1-3-25-21(27-18-15-9-12-29-19(15)22(18)10-6-11-22)26-13-14-7-5-8-16(28-4-2)17(14)30-20(23)24;/h5,7-8,15,18-20H,3-4,6,9-13H2,1-2H3,(H2,25,26,27);1H. The van der Waals surface area contributed by atoms with Gasteiger partial charge in [0, 0.05) is 36.1 Å². The quantitative estimate of drug-likeness (QED) is 0.287. The highest BCUT2D eigenvalue weighted by molar-refractivity contribution is 14.0. The van der Waals surface area contributed by atoms with Gasteiger partial charge in [0.05, 0.1) is 19.3 Å². The highest BCUT2D eigenvalue weighted by Crippen LogP contribution is 2.62. The van der Waals surface area contributed by atoms with Crippen LogP contribution in [-0.4, -0.2) is 44.5 Å². The Hall–Kier alpha value is -1.36. The van der Waals surface area contributed by atoms with Gasteiger partial charge in [0.1, 0.15) is 0 Å². The smallest absolute Gasteiger partial charge is 0.387 e. The van der Waals surface area contributed by atoms with E-state index >= 15 is 0 Å². The van der Waals surface area contributed by atoms with Gasteiger partial charge < -0.3 is 24.8 Å². The molecule has 3 fully saturated rings. The number of halogens is 3. The van der Waals surface area contributed by atoms with Crippen LogP contribution >= 0.6 is 24.0 Å². The summed E-state index contributed by atoms with van der Waals surface area (Å²) in [5.74, 6) is 1.58. The molecule has 1 heterocycles. The molecular weight excluding hydrogens is 519 g/mol. The van der Waals surface area contributed by atoms with Crippen molar-refractivity contribution in [2.75, 3.05) is 19.8 Å². The molecule has 174 valence electrons. The molecule has 0 amide bonds. The maximum absolute atomic E-state index is 13.0. The van der Waals surface area contributed by atoms with E-state index in [1.807, 2.05) is 6.92 Å². The van der Waals surface area contributed by atoms with Gasteiger partial charge in [-0.25, -0.2) is 4.99 Å². The van der Waals surface area contributed by atoms with Gasteiger partial charge in [-0.2, -0.15) is 8.78 Å². The van der Waals surface area contributed by atoms with E-state index in [1.165, 1.54) is 19.3 Å². The molecule has 1 aromatic carbocycles. The zero-order valence-electron chi connectivity index (χ0n) is 18.0. The number of nitrogens with zero attached hydrogens (tertiary/aromatic N) is 1. The summed E-state index contributed by atoms with van der Waals surface area (Å²) in [6.45, 7) is 3.02. The van der Waals surface area contributed by atoms with Crippen LogP contribution in [-0.2, 0) is 11.3 Å². The van der Waals surface area contributed by atoms with Crippen LogP contribution in [0.3, 0.4) is 0 Å². The third kappa shape index (κ3) is 4.72. The third-order valence-corrected chi connectivity index (χ3v) is 6.65. The lowest BCUT2D eigenvalue weighted by Gasteiger charge is -2.63. The average Bonchev–Trinajstić information content (AvgIpc) is 3.09. The van der Waals surface area contributed by atoms with Crippen molar-refractivity contribution < 1.29 is 23.0 Å². The van der Waals surface area contributed by atoms with E-state index in [0.717, 1.165) is 19.6 Å². The molecule has 4 rings (SSSR count). The molecule has 0 bridgehead atoms. The molecule has 3 atom stereocenters. The molecule has 3 unspecified atom stereocenters. The number of ether oxygens (including phenoxy) is 3. The maximum atomic E-state index is 13.0. The van der Waals surface area contributed by atoms with Gasteiger partial charge in [-0.05, 0) is 39.2 Å². The lowest BCUT2D eigenvalue weighted by atomic mass is 9.46. The summed E-state index contributed by atoms with van der Waals surface area (Å²) in [6.07, 6.45) is 5.08. The molecular formula is C22H32F2IN3O3. The van der Waals surface area contributed by atoms with Crippen molar-refractivity contribution in [3.8, 4) is 11.5 Å². The van der Waals surface area contributed by atoms with Crippen LogP contribution in [0.2, 0.25) is 0 Å². The zero-order valence-corrected chi connectivity index (χ0v) is 20.4. The van der Waals surface area contributed by atoms with Crippen molar-refractivity contribution in [2.45, 2.75) is 64.8 Å². The van der Waals surface area contributed by atoms with Gasteiger partial charge in [0.25, 0.3) is 0 Å². The highest BCUT2D eigenvalue weighted by atomic mass is 127. The van der Waals surface area contributed by atoms with Crippen molar-refractivity contribution in [3.05, 3.63) is 23.8 Å². The highest BCUT2D eigenvalue weighted by Gasteiger charge is 2.66. The van der Waals surface area contributed by atoms with E-state index in [-0.39, 0.29) is 41.7 Å². The fraction of sp³-hybridized carbons (Fsp3) is 0.682. The first-order valence-electron chi connectivity index (χ1n) is 10.9. The van der Waals surface area contributed by atoms with Crippen LogP contribution < -0.4 is 20.1 Å². The predicted molar refractivity (Wildman–Crippen MR) is 126 cm³/mol. The molecule has 1 saturated heterocycles. The molecule has 1 aromatic rings. The Labute approximate surface area is 199 Å². The Bertz CT molecular complexity index is 776. The second kappa shape index (κ2) is 10.5. The van der Waals surface area contributed by atoms with Crippen molar-refractivity contribution in [2.24, 2.45) is 16.3 Å². The molecule has 9 heteroatoms. The number of rotatable bonds is 8. The molecule has 1 aliphatic heterocycles. The summed E-state index contributed by atoms with van der Waals surface area (Å²) >= 11 is 0. The largest absolute Gasteiger partial charge is 0.490 e. The van der Waals surface area contributed by atoms with E-state index < -0.39 is 6.61 Å². The number of hydrogen-bond acceptors (Lipinski definition) is 4. The maximum Gasteiger partial charge on any atom is 0.387 e. The molecule has 31 heavy (non-hydrogen) atoms. The number of hydrogen-bond donors (Lipinski definition) is 2. The van der Waals surface area contributed by atoms with Gasteiger partial charge >= 0.3 is 6.61 Å². The van der Waals surface area contributed by atoms with Crippen LogP contribution in [0.1, 0.15) is 45.1 Å². The van der Waals surface area contributed by atoms with Gasteiger partial charge in [-0.15, -0.1) is 24.0 Å². The molecule has 3 aliphatic rings. The average molecular weight is 551 g/mol. The minimum Gasteiger partial charge on any atom is -0.490 e. The number of nitrogens with one attached hydrogen (secondary N) is 2. The van der Waals surface area contributed by atoms with Gasteiger partial charge in [0.15, 0.2) is 17.5 Å². The Balaban J connectivity index is 0.00000272. The van der Waals surface area contributed by atoms with Gasteiger partial charge in [0.2, 0.25) is 0 Å². The molecule has 2 N–H and O–H groups in total. The zero-order chi connectivity index (χ0) is 21.1. The van der Waals surface area contributed by atoms with E-state index in [1.54, 1.807) is 25.1 Å². The summed E-state index contributed by atoms with van der Waals surface area (Å²) in [4.78, 5) is 4.69. The van der Waals surface area contributed by atoms with Crippen molar-refractivity contribution in [3.63, 3.8) is 0 Å². The minimum absolute atomic E-state index is 0. The molecule has 0 radical (unpaired) electrons. The van der Waals surface area contributed by atoms with Crippen molar-refractivity contribution in [1.29, 1.82) is 0 Å². The van der Waals surface area contributed by atoms with Crippen LogP contribution in [0.5, 0.6) is 11.5 Å². The molecule has 0 aromatic heterocycles. The fourth-order valence-electron chi connectivity index (χ4n) is 5.27. The van der Waals surface area contributed by atoms with Crippen LogP contribution in [0.25, 0.3) is 0 Å². The van der Waals surface area contributed by atoms with E-state index in [9.17, 15) is 8.78 Å². The van der Waals surface area contributed by atoms with E-state index in [4.69, 9.17) is 14.2 Å². The predicted octanol–water partition coefficient (Wildman–Crippen LogP) is 4.32. The fourth-order valence-corrected chi connectivity index (χ4v) is 5.27. The van der Waals surface area contributed by atoms with Gasteiger partial charge in [-0.3, -0.25) is 0 Å². The number of aliphatic imine (C=N–C) groups is 1. The number of alkyl halides is 2. The van der Waals surface area contributed by atoms with Crippen LogP contribution in [0.15, 0.2) is 23.2 Å². The molecule has 2 aliphatic carbocycles. The summed E-state index contributed by atoms with van der Waals surface area (Å²) in [6, 6.07) is 5.49. The second-order valence-electron chi connectivity index (χ2n) is 8.20. The molecule has 6 nitrogen and oxygen atoms in total. The van der Waals surface area contributed by atoms with Crippen LogP contribution in [0, 0.1) is 11.3 Å². The minimum atomic E-state index is -2.92. The first kappa shape index (κ1) is 24.3. The van der Waals surface area contributed by atoms with E-state index in [0.29, 0.717) is 41.9 Å². The van der Waals surface area contributed by atoms with Crippen LogP contribution in [0.4, 0.5) is 8.78 Å². The summed E-state index contributed by atoms with van der Waals surface area (Å²) in [5.41, 5.74) is 0.795. The number of benzene rings is 1. The number of para-hydroxylation sites is 1. The summed E-state index contributed by atoms with van der Waals surface area (Å²) in [7, 11) is 0. The molecule has 2 saturated carbocycles. The first-order chi connectivity index (χ1) is 14.6. The first-order valence-corrected chi connectivity index (χ1v) is 10.9. The topological polar surface area (TPSA) is 64.1 Å². The number of guanidine groups is 1. The SMILES string of the molecule is CCNC(=NCc1cccc(OCC)c1OC(F)F)NC1C2CCOC2C12CCC2.I. The second-order valence-corrected chi connectivity index (χ2v) is 8.20. The monoisotopic (exact) mass is 551 g/mol. The Morgan fingerprint density at radius 1 is 1.32 bits per heavy atom. The Morgan fingerprint density at radius 3 is 2.77 bits per heavy atom. The van der Waals surface area contributed by atoms with Gasteiger partial charge in [-0.1, -0.05) is 18.6 Å². The molecule has 1 spiro atoms. The van der Waals surface area contributed by atoms with Crippen molar-refractivity contribution >= 4 is 29.9 Å². The number of fused-ring (bicyclic) bond motifs is 2. The summed E-state index contributed by atoms with van der Waals surface area (Å²) in [5, 5.41) is 6.92. The van der Waals surface area contributed by atoms with Crippen molar-refractivity contribution in [1.82, 2.24) is 10.6 Å². The Kier molecular flexibility index (Phi) is 8.23. The third-order valence-electron chi connectivity index (χ3n) is 6.65. The van der Waals surface area contributed by atoms with E-state index in [2.05, 4.69) is 15.6 Å². The lowest BCUT2D eigenvalue weighted by molar-refractivity contribution is -0.171. The summed E-state index contributed by atoms with van der Waals surface area (Å²) < 4.78 is 42.2. The Morgan fingerprint density at radius 2 is 2.13 bits per heavy atom. The normalized spacial score (nSPS) is 25.8.